The Morgan fingerprint density at radius 3 is 2.19 bits per heavy atom. The third-order valence-electron chi connectivity index (χ3n) is 12.5. The third-order valence-corrected chi connectivity index (χ3v) is 13.1. The fourth-order valence-electron chi connectivity index (χ4n) is 9.48. The van der Waals surface area contributed by atoms with Crippen LogP contribution in [-0.2, 0) is 30.2 Å². The van der Waals surface area contributed by atoms with Gasteiger partial charge in [-0.05, 0) is 79.4 Å². The molecule has 11 heteroatoms. The summed E-state index contributed by atoms with van der Waals surface area (Å²) >= 11 is 3.57. The van der Waals surface area contributed by atoms with E-state index in [-0.39, 0.29) is 35.9 Å². The molecule has 3 aromatic carbocycles. The molecular weight excluding hydrogens is 733 g/mol. The van der Waals surface area contributed by atoms with Crippen molar-refractivity contribution >= 4 is 41.0 Å². The first-order valence-electron chi connectivity index (χ1n) is 19.2. The van der Waals surface area contributed by atoms with E-state index in [9.17, 15) is 14.4 Å². The summed E-state index contributed by atoms with van der Waals surface area (Å²) in [5, 5.41) is 7.03. The van der Waals surface area contributed by atoms with Gasteiger partial charge < -0.3 is 29.6 Å². The van der Waals surface area contributed by atoms with Crippen molar-refractivity contribution < 1.29 is 28.4 Å². The summed E-state index contributed by atoms with van der Waals surface area (Å²) in [7, 11) is -0.567. The first-order chi connectivity index (χ1) is 25.6. The van der Waals surface area contributed by atoms with E-state index >= 15 is 0 Å². The van der Waals surface area contributed by atoms with Crippen LogP contribution in [0.2, 0.25) is 0 Å². The number of halogens is 1. The molecule has 2 aliphatic heterocycles. The fraction of sp³-hybridized carbons (Fsp3) is 0.500. The SMILES string of the molecule is CC1(C)[C@@H]2C[C@H]3OB([C@@H](CCCBr)NC(=O)[C@@H]4CCCN4C(=O)[C@H](NC(=O)OCc4ccccc4)C(c4ccccc4)c4ccccc4)O[C@@]3(C)[C@H]1C2. The van der Waals surface area contributed by atoms with Crippen molar-refractivity contribution in [3.8, 4) is 0 Å². The standard InChI is InChI=1S/C42H51BBrN3O6/c1-41(2)31-25-33(41)42(3)34(26-31)52-43(53-42)35(22-13-23-44)45-38(48)32-21-14-24-47(32)39(49)37(46-40(50)51-27-28-15-7-4-8-16-28)36(29-17-9-5-10-18-29)30-19-11-6-12-20-30/h4-12,15-20,31-37H,13-14,21-27H2,1-3H3,(H,45,48)(H,46,50)/t31-,32-,33-,34+,35+,37+,42-/m0/s1. The maximum Gasteiger partial charge on any atom is 0.481 e. The molecule has 3 amide bonds. The lowest BCUT2D eigenvalue weighted by atomic mass is 9.43. The van der Waals surface area contributed by atoms with Crippen molar-refractivity contribution in [1.29, 1.82) is 0 Å². The van der Waals surface area contributed by atoms with Crippen LogP contribution in [0.25, 0.3) is 0 Å². The monoisotopic (exact) mass is 783 g/mol. The van der Waals surface area contributed by atoms with Crippen molar-refractivity contribution in [2.24, 2.45) is 17.3 Å². The molecule has 8 rings (SSSR count). The highest BCUT2D eigenvalue weighted by Crippen LogP contribution is 2.65. The molecule has 3 saturated carbocycles. The molecule has 2 bridgehead atoms. The number of rotatable bonds is 13. The molecule has 0 unspecified atom stereocenters. The summed E-state index contributed by atoms with van der Waals surface area (Å²) in [5.41, 5.74) is 2.37. The topological polar surface area (TPSA) is 106 Å². The minimum atomic E-state index is -1.04. The predicted molar refractivity (Wildman–Crippen MR) is 208 cm³/mol. The molecule has 0 aromatic heterocycles. The molecule has 2 N–H and O–H groups in total. The first kappa shape index (κ1) is 37.6. The molecule has 53 heavy (non-hydrogen) atoms. The summed E-state index contributed by atoms with van der Waals surface area (Å²) < 4.78 is 19.1. The molecule has 3 aliphatic carbocycles. The Kier molecular flexibility index (Phi) is 11.3. The van der Waals surface area contributed by atoms with Gasteiger partial charge in [0.15, 0.2) is 0 Å². The van der Waals surface area contributed by atoms with Gasteiger partial charge in [0.05, 0.1) is 17.6 Å². The Balaban J connectivity index is 1.12. The van der Waals surface area contributed by atoms with Crippen molar-refractivity contribution in [3.05, 3.63) is 108 Å². The van der Waals surface area contributed by atoms with E-state index in [1.165, 1.54) is 0 Å². The zero-order valence-corrected chi connectivity index (χ0v) is 32.5. The minimum absolute atomic E-state index is 0.00131. The number of carbonyl (C=O) groups excluding carboxylic acids is 3. The highest BCUT2D eigenvalue weighted by atomic mass is 79.9. The van der Waals surface area contributed by atoms with E-state index in [0.29, 0.717) is 37.6 Å². The fourth-order valence-corrected chi connectivity index (χ4v) is 9.81. The largest absolute Gasteiger partial charge is 0.481 e. The van der Waals surface area contributed by atoms with Crippen molar-refractivity contribution in [3.63, 3.8) is 0 Å². The maximum absolute atomic E-state index is 14.9. The Bertz CT molecular complexity index is 1690. The number of amides is 3. The number of ether oxygens (including phenoxy) is 1. The van der Waals surface area contributed by atoms with Gasteiger partial charge >= 0.3 is 13.2 Å². The lowest BCUT2D eigenvalue weighted by Crippen LogP contribution is -2.65. The van der Waals surface area contributed by atoms with Gasteiger partial charge in [-0.25, -0.2) is 4.79 Å². The molecule has 7 atom stereocenters. The van der Waals surface area contributed by atoms with Gasteiger partial charge in [-0.2, -0.15) is 0 Å². The van der Waals surface area contributed by atoms with Crippen LogP contribution < -0.4 is 10.6 Å². The van der Waals surface area contributed by atoms with Gasteiger partial charge in [0.25, 0.3) is 0 Å². The summed E-state index contributed by atoms with van der Waals surface area (Å²) in [6, 6.07) is 27.1. The second-order valence-corrected chi connectivity index (χ2v) is 16.7. The van der Waals surface area contributed by atoms with E-state index in [4.69, 9.17) is 14.0 Å². The minimum Gasteiger partial charge on any atom is -0.445 e. The van der Waals surface area contributed by atoms with Crippen LogP contribution in [0.4, 0.5) is 4.79 Å². The quantitative estimate of drug-likeness (QED) is 0.143. The second kappa shape index (κ2) is 16.0. The molecule has 0 radical (unpaired) electrons. The van der Waals surface area contributed by atoms with Crippen LogP contribution >= 0.6 is 15.9 Å². The van der Waals surface area contributed by atoms with E-state index < -0.39 is 36.8 Å². The lowest BCUT2D eigenvalue weighted by molar-refractivity contribution is -0.199. The van der Waals surface area contributed by atoms with Gasteiger partial charge in [-0.15, -0.1) is 0 Å². The Morgan fingerprint density at radius 2 is 1.57 bits per heavy atom. The number of nitrogens with zero attached hydrogens (tertiary/aromatic N) is 1. The second-order valence-electron chi connectivity index (χ2n) is 16.0. The smallest absolute Gasteiger partial charge is 0.445 e. The van der Waals surface area contributed by atoms with Crippen LogP contribution in [-0.4, -0.2) is 71.5 Å². The highest BCUT2D eigenvalue weighted by Gasteiger charge is 2.68. The molecule has 2 saturated heterocycles. The van der Waals surface area contributed by atoms with Crippen molar-refractivity contribution in [2.45, 2.75) is 102 Å². The summed E-state index contributed by atoms with van der Waals surface area (Å²) in [6.45, 7) is 7.32. The normalized spacial score (nSPS) is 26.7. The average Bonchev–Trinajstić information content (AvgIpc) is 3.81. The van der Waals surface area contributed by atoms with Crippen LogP contribution in [0.5, 0.6) is 0 Å². The Labute approximate surface area is 322 Å². The molecule has 5 aliphatic rings. The number of hydrogen-bond donors (Lipinski definition) is 2. The van der Waals surface area contributed by atoms with Gasteiger partial charge in [0.1, 0.15) is 18.7 Å². The number of hydrogen-bond acceptors (Lipinski definition) is 6. The molecule has 280 valence electrons. The summed E-state index contributed by atoms with van der Waals surface area (Å²) in [5.74, 6) is -0.440. The van der Waals surface area contributed by atoms with Crippen LogP contribution in [0.15, 0.2) is 91.0 Å². The van der Waals surface area contributed by atoms with Gasteiger partial charge in [0, 0.05) is 17.8 Å². The summed E-state index contributed by atoms with van der Waals surface area (Å²) in [6.07, 6.45) is 4.08. The number of carbonyl (C=O) groups is 3. The Hall–Kier alpha value is -3.67. The van der Waals surface area contributed by atoms with Crippen LogP contribution in [0.3, 0.4) is 0 Å². The first-order valence-corrected chi connectivity index (χ1v) is 20.3. The molecule has 0 spiro atoms. The molecule has 2 heterocycles. The van der Waals surface area contributed by atoms with Crippen LogP contribution in [0, 0.1) is 17.3 Å². The third kappa shape index (κ3) is 7.67. The predicted octanol–water partition coefficient (Wildman–Crippen LogP) is 7.03. The maximum atomic E-state index is 14.9. The van der Waals surface area contributed by atoms with Gasteiger partial charge in [0.2, 0.25) is 11.8 Å². The number of benzene rings is 3. The number of alkyl halides is 1. The highest BCUT2D eigenvalue weighted by molar-refractivity contribution is 9.09. The average molecular weight is 785 g/mol. The molecule has 5 fully saturated rings. The van der Waals surface area contributed by atoms with E-state index in [2.05, 4.69) is 47.3 Å². The molecule has 9 nitrogen and oxygen atoms in total. The number of alkyl carbamates (subject to hydrolysis) is 1. The van der Waals surface area contributed by atoms with E-state index in [1.807, 2.05) is 91.0 Å². The Morgan fingerprint density at radius 1 is 0.925 bits per heavy atom. The van der Waals surface area contributed by atoms with Crippen molar-refractivity contribution in [1.82, 2.24) is 15.5 Å². The lowest BCUT2D eigenvalue weighted by Gasteiger charge is -2.64. The van der Waals surface area contributed by atoms with E-state index in [0.717, 1.165) is 41.3 Å². The summed E-state index contributed by atoms with van der Waals surface area (Å²) in [4.78, 5) is 44.4. The molecule has 3 aromatic rings. The van der Waals surface area contributed by atoms with Gasteiger partial charge in [-0.1, -0.05) is 121 Å². The van der Waals surface area contributed by atoms with E-state index in [1.54, 1.807) is 4.90 Å². The van der Waals surface area contributed by atoms with Crippen molar-refractivity contribution in [2.75, 3.05) is 11.9 Å². The number of likely N-dealkylation sites (tertiary alicyclic amines) is 1. The number of nitrogens with one attached hydrogen (secondary N) is 2. The van der Waals surface area contributed by atoms with Crippen LogP contribution in [0.1, 0.15) is 81.9 Å². The zero-order valence-electron chi connectivity index (χ0n) is 30.9. The molecular formula is C42H51BBrN3O6. The van der Waals surface area contributed by atoms with Gasteiger partial charge in [-0.3, -0.25) is 9.59 Å². The zero-order chi connectivity index (χ0) is 37.2.